The molecule has 1 unspecified atom stereocenters. The SMILES string of the molecule is CC(C)c1ccc(CC(N)c2cc(F)c(F)c(F)c2)cc1. The summed E-state index contributed by atoms with van der Waals surface area (Å²) in [5.74, 6) is -3.45. The average molecular weight is 293 g/mol. The number of halogens is 3. The van der Waals surface area contributed by atoms with Gasteiger partial charge in [0.05, 0.1) is 0 Å². The smallest absolute Gasteiger partial charge is 0.194 e. The second-order valence-corrected chi connectivity index (χ2v) is 5.51. The van der Waals surface area contributed by atoms with Gasteiger partial charge in [0, 0.05) is 6.04 Å². The molecular weight excluding hydrogens is 275 g/mol. The Hall–Kier alpha value is -1.81. The molecule has 1 atom stereocenters. The van der Waals surface area contributed by atoms with Crippen molar-refractivity contribution in [3.05, 3.63) is 70.5 Å². The Morgan fingerprint density at radius 3 is 1.90 bits per heavy atom. The molecule has 0 heterocycles. The van der Waals surface area contributed by atoms with Crippen LogP contribution in [-0.2, 0) is 6.42 Å². The number of rotatable bonds is 4. The van der Waals surface area contributed by atoms with Gasteiger partial charge in [0.2, 0.25) is 0 Å². The largest absolute Gasteiger partial charge is 0.324 e. The summed E-state index contributed by atoms with van der Waals surface area (Å²) in [6.07, 6.45) is 0.433. The Balaban J connectivity index is 2.16. The van der Waals surface area contributed by atoms with Gasteiger partial charge in [-0.1, -0.05) is 38.1 Å². The van der Waals surface area contributed by atoms with Gasteiger partial charge >= 0.3 is 0 Å². The maximum Gasteiger partial charge on any atom is 0.194 e. The van der Waals surface area contributed by atoms with Gasteiger partial charge in [-0.2, -0.15) is 0 Å². The van der Waals surface area contributed by atoms with Gasteiger partial charge in [0.25, 0.3) is 0 Å². The first-order valence-corrected chi connectivity index (χ1v) is 6.87. The zero-order chi connectivity index (χ0) is 15.6. The number of hydrogen-bond donors (Lipinski definition) is 1. The fraction of sp³-hybridized carbons (Fsp3) is 0.294. The van der Waals surface area contributed by atoms with Gasteiger partial charge in [-0.05, 0) is 41.2 Å². The molecule has 0 saturated heterocycles. The number of nitrogens with two attached hydrogens (primary N) is 1. The first-order chi connectivity index (χ1) is 9.88. The fourth-order valence-corrected chi connectivity index (χ4v) is 2.20. The zero-order valence-electron chi connectivity index (χ0n) is 12.0. The molecule has 0 aliphatic carbocycles. The van der Waals surface area contributed by atoms with Crippen LogP contribution in [0.3, 0.4) is 0 Å². The molecule has 0 aliphatic heterocycles. The predicted octanol–water partition coefficient (Wildman–Crippen LogP) is 4.47. The van der Waals surface area contributed by atoms with Gasteiger partial charge in [0.15, 0.2) is 17.5 Å². The fourth-order valence-electron chi connectivity index (χ4n) is 2.20. The highest BCUT2D eigenvalue weighted by Crippen LogP contribution is 2.22. The highest BCUT2D eigenvalue weighted by molar-refractivity contribution is 5.28. The van der Waals surface area contributed by atoms with E-state index in [2.05, 4.69) is 13.8 Å². The van der Waals surface area contributed by atoms with Gasteiger partial charge in [-0.15, -0.1) is 0 Å². The van der Waals surface area contributed by atoms with Gasteiger partial charge in [-0.3, -0.25) is 0 Å². The summed E-state index contributed by atoms with van der Waals surface area (Å²) in [7, 11) is 0. The predicted molar refractivity (Wildman–Crippen MR) is 77.5 cm³/mol. The molecule has 112 valence electrons. The minimum Gasteiger partial charge on any atom is -0.324 e. The molecule has 2 aromatic carbocycles. The minimum atomic E-state index is -1.47. The van der Waals surface area contributed by atoms with Crippen molar-refractivity contribution >= 4 is 0 Å². The van der Waals surface area contributed by atoms with Gasteiger partial charge in [0.1, 0.15) is 0 Å². The van der Waals surface area contributed by atoms with Crippen molar-refractivity contribution in [1.29, 1.82) is 0 Å². The molecule has 0 aromatic heterocycles. The third kappa shape index (κ3) is 3.64. The standard InChI is InChI=1S/C17H18F3N/c1-10(2)12-5-3-11(4-6-12)7-16(21)13-8-14(18)17(20)15(19)9-13/h3-6,8-10,16H,7,21H2,1-2H3. The van der Waals surface area contributed by atoms with Crippen molar-refractivity contribution in [3.63, 3.8) is 0 Å². The maximum absolute atomic E-state index is 13.2. The number of hydrogen-bond acceptors (Lipinski definition) is 1. The molecule has 1 nitrogen and oxygen atoms in total. The van der Waals surface area contributed by atoms with E-state index in [0.717, 1.165) is 17.7 Å². The van der Waals surface area contributed by atoms with E-state index in [1.54, 1.807) is 0 Å². The summed E-state index contributed by atoms with van der Waals surface area (Å²) >= 11 is 0. The third-order valence-corrected chi connectivity index (χ3v) is 3.54. The molecule has 0 bridgehead atoms. The second-order valence-electron chi connectivity index (χ2n) is 5.51. The summed E-state index contributed by atoms with van der Waals surface area (Å²) in [5, 5.41) is 0. The van der Waals surface area contributed by atoms with Crippen molar-refractivity contribution in [2.75, 3.05) is 0 Å². The lowest BCUT2D eigenvalue weighted by Crippen LogP contribution is -2.14. The maximum atomic E-state index is 13.2. The van der Waals surface area contributed by atoms with Gasteiger partial charge < -0.3 is 5.73 Å². The van der Waals surface area contributed by atoms with E-state index in [9.17, 15) is 13.2 Å². The molecule has 0 aliphatic rings. The van der Waals surface area contributed by atoms with Crippen LogP contribution in [0.1, 0.15) is 42.5 Å². The van der Waals surface area contributed by atoms with Crippen LogP contribution < -0.4 is 5.73 Å². The lowest BCUT2D eigenvalue weighted by Gasteiger charge is -2.14. The van der Waals surface area contributed by atoms with E-state index < -0.39 is 23.5 Å². The Kier molecular flexibility index (Phi) is 4.68. The van der Waals surface area contributed by atoms with Crippen LogP contribution in [0.2, 0.25) is 0 Å². The molecule has 0 radical (unpaired) electrons. The summed E-state index contributed by atoms with van der Waals surface area (Å²) < 4.78 is 39.4. The topological polar surface area (TPSA) is 26.0 Å². The average Bonchev–Trinajstić information content (AvgIpc) is 2.44. The lowest BCUT2D eigenvalue weighted by molar-refractivity contribution is 0.443. The quantitative estimate of drug-likeness (QED) is 0.827. The van der Waals surface area contributed by atoms with E-state index in [0.29, 0.717) is 12.3 Å². The summed E-state index contributed by atoms with van der Waals surface area (Å²) in [4.78, 5) is 0. The highest BCUT2D eigenvalue weighted by atomic mass is 19.2. The molecule has 0 spiro atoms. The van der Waals surface area contributed by atoms with Crippen molar-refractivity contribution < 1.29 is 13.2 Å². The summed E-state index contributed by atoms with van der Waals surface area (Å²) in [6.45, 7) is 4.20. The Morgan fingerprint density at radius 1 is 0.905 bits per heavy atom. The molecule has 0 amide bonds. The third-order valence-electron chi connectivity index (χ3n) is 3.54. The van der Waals surface area contributed by atoms with E-state index >= 15 is 0 Å². The molecule has 21 heavy (non-hydrogen) atoms. The van der Waals surface area contributed by atoms with Crippen LogP contribution >= 0.6 is 0 Å². The molecule has 4 heteroatoms. The lowest BCUT2D eigenvalue weighted by atomic mass is 9.96. The first kappa shape index (κ1) is 15.6. The van der Waals surface area contributed by atoms with Crippen LogP contribution in [-0.4, -0.2) is 0 Å². The summed E-state index contributed by atoms with van der Waals surface area (Å²) in [6, 6.07) is 9.24. The molecule has 0 fully saturated rings. The monoisotopic (exact) mass is 293 g/mol. The number of benzene rings is 2. The molecular formula is C17H18F3N. The normalized spacial score (nSPS) is 12.7. The molecule has 0 saturated carbocycles. The second kappa shape index (κ2) is 6.31. The van der Waals surface area contributed by atoms with E-state index in [4.69, 9.17) is 5.73 Å². The molecule has 2 aromatic rings. The van der Waals surface area contributed by atoms with E-state index in [1.165, 1.54) is 5.56 Å². The van der Waals surface area contributed by atoms with Crippen LogP contribution in [0.15, 0.2) is 36.4 Å². The minimum absolute atomic E-state index is 0.249. The van der Waals surface area contributed by atoms with E-state index in [-0.39, 0.29) is 5.56 Å². The Labute approximate surface area is 122 Å². The Morgan fingerprint density at radius 2 is 1.43 bits per heavy atom. The summed E-state index contributed by atoms with van der Waals surface area (Å²) in [5.41, 5.74) is 8.39. The van der Waals surface area contributed by atoms with Crippen molar-refractivity contribution in [2.24, 2.45) is 5.73 Å². The zero-order valence-corrected chi connectivity index (χ0v) is 12.0. The van der Waals surface area contributed by atoms with Crippen molar-refractivity contribution in [3.8, 4) is 0 Å². The highest BCUT2D eigenvalue weighted by Gasteiger charge is 2.15. The van der Waals surface area contributed by atoms with Gasteiger partial charge in [-0.25, -0.2) is 13.2 Å². The van der Waals surface area contributed by atoms with Crippen molar-refractivity contribution in [2.45, 2.75) is 32.2 Å². The van der Waals surface area contributed by atoms with Crippen LogP contribution in [0, 0.1) is 17.5 Å². The first-order valence-electron chi connectivity index (χ1n) is 6.87. The Bertz CT molecular complexity index is 597. The van der Waals surface area contributed by atoms with E-state index in [1.807, 2.05) is 24.3 Å². The van der Waals surface area contributed by atoms with Crippen LogP contribution in [0.5, 0.6) is 0 Å². The van der Waals surface area contributed by atoms with Crippen molar-refractivity contribution in [1.82, 2.24) is 0 Å². The molecule has 2 N–H and O–H groups in total. The van der Waals surface area contributed by atoms with Crippen LogP contribution in [0.4, 0.5) is 13.2 Å². The van der Waals surface area contributed by atoms with Crippen LogP contribution in [0.25, 0.3) is 0 Å². The molecule has 2 rings (SSSR count).